The lowest BCUT2D eigenvalue weighted by Gasteiger charge is -2.06. The van der Waals surface area contributed by atoms with E-state index in [1.807, 2.05) is 0 Å². The van der Waals surface area contributed by atoms with Gasteiger partial charge in [0.25, 0.3) is 5.88 Å². The van der Waals surface area contributed by atoms with E-state index in [2.05, 4.69) is 25.9 Å². The molecule has 0 aliphatic heterocycles. The molecular formula is C11H7BrN2O4. The summed E-state index contributed by atoms with van der Waals surface area (Å²) in [6.07, 6.45) is 2.74. The number of H-pyrrole nitrogens is 1. The van der Waals surface area contributed by atoms with E-state index in [0.29, 0.717) is 4.47 Å². The molecule has 2 rings (SSSR count). The van der Waals surface area contributed by atoms with Gasteiger partial charge in [-0.3, -0.25) is 4.79 Å². The maximum atomic E-state index is 11.4. The summed E-state index contributed by atoms with van der Waals surface area (Å²) in [7, 11) is 0. The third-order valence-corrected chi connectivity index (χ3v) is 2.71. The molecule has 0 saturated heterocycles. The number of hydrogen-bond donors (Lipinski definition) is 2. The molecule has 0 atom stereocenters. The Balaban J connectivity index is 2.40. The van der Waals surface area contributed by atoms with Crippen molar-refractivity contribution < 1.29 is 14.6 Å². The van der Waals surface area contributed by atoms with Crippen LogP contribution in [0.25, 0.3) is 0 Å². The number of hydrogen-bond acceptors (Lipinski definition) is 4. The molecule has 0 aliphatic carbocycles. The lowest BCUT2D eigenvalue weighted by atomic mass is 10.2. The van der Waals surface area contributed by atoms with Gasteiger partial charge >= 0.3 is 11.5 Å². The van der Waals surface area contributed by atoms with Crippen LogP contribution in [-0.4, -0.2) is 21.0 Å². The second-order valence-electron chi connectivity index (χ2n) is 3.28. The number of carbonyl (C=O) groups is 1. The van der Waals surface area contributed by atoms with Crippen LogP contribution < -0.4 is 10.3 Å². The first kappa shape index (κ1) is 12.3. The third-order valence-electron chi connectivity index (χ3n) is 2.06. The minimum Gasteiger partial charge on any atom is -0.478 e. The summed E-state index contributed by atoms with van der Waals surface area (Å²) < 4.78 is 5.79. The Morgan fingerprint density at radius 3 is 2.89 bits per heavy atom. The molecule has 0 aliphatic rings. The largest absolute Gasteiger partial charge is 0.478 e. The highest BCUT2D eigenvalue weighted by atomic mass is 79.9. The molecule has 0 spiro atoms. The summed E-state index contributed by atoms with van der Waals surface area (Å²) in [5.74, 6) is -1.03. The number of carboxylic acids is 1. The highest BCUT2D eigenvalue weighted by Gasteiger charge is 2.11. The van der Waals surface area contributed by atoms with Crippen molar-refractivity contribution in [3.05, 3.63) is 51.0 Å². The van der Waals surface area contributed by atoms with Crippen LogP contribution in [0.3, 0.4) is 0 Å². The SMILES string of the molecule is O=C(O)c1ccc(Br)c(Oc2ncc[nH]c2=O)c1. The van der Waals surface area contributed by atoms with Crippen molar-refractivity contribution in [2.24, 2.45) is 0 Å². The fourth-order valence-corrected chi connectivity index (χ4v) is 1.56. The molecule has 1 aromatic carbocycles. The molecular weight excluding hydrogens is 304 g/mol. The number of aromatic nitrogens is 2. The average Bonchev–Trinajstić information content (AvgIpc) is 2.34. The van der Waals surface area contributed by atoms with Crippen LogP contribution in [0, 0.1) is 0 Å². The first-order valence-corrected chi connectivity index (χ1v) is 5.61. The topological polar surface area (TPSA) is 92.3 Å². The molecule has 0 amide bonds. The van der Waals surface area contributed by atoms with Gasteiger partial charge in [0.2, 0.25) is 0 Å². The molecule has 2 aromatic rings. The average molecular weight is 311 g/mol. The van der Waals surface area contributed by atoms with Crippen LogP contribution in [-0.2, 0) is 0 Å². The summed E-state index contributed by atoms with van der Waals surface area (Å²) in [6, 6.07) is 4.25. The minimum atomic E-state index is -1.08. The summed E-state index contributed by atoms with van der Waals surface area (Å²) in [4.78, 5) is 28.4. The zero-order chi connectivity index (χ0) is 13.1. The van der Waals surface area contributed by atoms with Gasteiger partial charge in [0, 0.05) is 12.4 Å². The fraction of sp³-hybridized carbons (Fsp3) is 0. The van der Waals surface area contributed by atoms with Crippen LogP contribution in [0.4, 0.5) is 0 Å². The molecule has 18 heavy (non-hydrogen) atoms. The monoisotopic (exact) mass is 310 g/mol. The Kier molecular flexibility index (Phi) is 3.42. The standard InChI is InChI=1S/C11H7BrN2O4/c12-7-2-1-6(11(16)17)5-8(7)18-10-9(15)13-3-4-14-10/h1-5H,(H,13,15)(H,16,17). The van der Waals surface area contributed by atoms with E-state index in [9.17, 15) is 9.59 Å². The van der Waals surface area contributed by atoms with Gasteiger partial charge in [0.15, 0.2) is 0 Å². The van der Waals surface area contributed by atoms with Crippen LogP contribution >= 0.6 is 15.9 Å². The van der Waals surface area contributed by atoms with Crippen molar-refractivity contribution in [1.29, 1.82) is 0 Å². The second kappa shape index (κ2) is 5.01. The van der Waals surface area contributed by atoms with E-state index in [1.165, 1.54) is 30.6 Å². The van der Waals surface area contributed by atoms with Crippen molar-refractivity contribution in [2.75, 3.05) is 0 Å². The summed E-state index contributed by atoms with van der Waals surface area (Å²) in [5, 5.41) is 8.87. The number of halogens is 1. The molecule has 2 N–H and O–H groups in total. The number of nitrogens with one attached hydrogen (secondary N) is 1. The van der Waals surface area contributed by atoms with Gasteiger partial charge in [-0.1, -0.05) is 0 Å². The van der Waals surface area contributed by atoms with Crippen LogP contribution in [0.1, 0.15) is 10.4 Å². The van der Waals surface area contributed by atoms with Crippen LogP contribution in [0.2, 0.25) is 0 Å². The number of carboxylic acid groups (broad SMARTS) is 1. The fourth-order valence-electron chi connectivity index (χ4n) is 1.23. The second-order valence-corrected chi connectivity index (χ2v) is 4.13. The third kappa shape index (κ3) is 2.57. The first-order valence-electron chi connectivity index (χ1n) is 4.82. The van der Waals surface area contributed by atoms with Crippen LogP contribution in [0.15, 0.2) is 39.9 Å². The number of nitrogens with zero attached hydrogens (tertiary/aromatic N) is 1. The lowest BCUT2D eigenvalue weighted by molar-refractivity contribution is 0.0696. The molecule has 0 saturated carbocycles. The smallest absolute Gasteiger partial charge is 0.335 e. The predicted octanol–water partition coefficient (Wildman–Crippen LogP) is 2.02. The first-order chi connectivity index (χ1) is 8.58. The molecule has 0 radical (unpaired) electrons. The van der Waals surface area contributed by atoms with Gasteiger partial charge in [-0.25, -0.2) is 9.78 Å². The van der Waals surface area contributed by atoms with E-state index in [-0.39, 0.29) is 17.2 Å². The molecule has 7 heteroatoms. The van der Waals surface area contributed by atoms with Crippen molar-refractivity contribution in [3.63, 3.8) is 0 Å². The summed E-state index contributed by atoms with van der Waals surface area (Å²) in [6.45, 7) is 0. The van der Waals surface area contributed by atoms with E-state index < -0.39 is 11.5 Å². The Bertz CT molecular complexity index is 653. The Hall–Kier alpha value is -2.15. The van der Waals surface area contributed by atoms with Gasteiger partial charge < -0.3 is 14.8 Å². The molecule has 1 heterocycles. The number of rotatable bonds is 3. The van der Waals surface area contributed by atoms with Gasteiger partial charge in [0.1, 0.15) is 5.75 Å². The van der Waals surface area contributed by atoms with E-state index in [0.717, 1.165) is 0 Å². The number of ether oxygens (including phenoxy) is 1. The van der Waals surface area contributed by atoms with Gasteiger partial charge in [-0.05, 0) is 34.1 Å². The Morgan fingerprint density at radius 2 is 2.22 bits per heavy atom. The number of aromatic carboxylic acids is 1. The highest BCUT2D eigenvalue weighted by Crippen LogP contribution is 2.28. The maximum absolute atomic E-state index is 11.4. The highest BCUT2D eigenvalue weighted by molar-refractivity contribution is 9.10. The van der Waals surface area contributed by atoms with Gasteiger partial charge in [-0.2, -0.15) is 0 Å². The Labute approximate surface area is 109 Å². The van der Waals surface area contributed by atoms with E-state index in [4.69, 9.17) is 9.84 Å². The minimum absolute atomic E-state index is 0.0561. The summed E-state index contributed by atoms with van der Waals surface area (Å²) in [5.41, 5.74) is -0.439. The lowest BCUT2D eigenvalue weighted by Crippen LogP contribution is -2.09. The van der Waals surface area contributed by atoms with Gasteiger partial charge in [-0.15, -0.1) is 0 Å². The van der Waals surface area contributed by atoms with Crippen LogP contribution in [0.5, 0.6) is 11.6 Å². The molecule has 6 nitrogen and oxygen atoms in total. The molecule has 0 bridgehead atoms. The zero-order valence-electron chi connectivity index (χ0n) is 8.88. The van der Waals surface area contributed by atoms with Crippen molar-refractivity contribution >= 4 is 21.9 Å². The summed E-state index contributed by atoms with van der Waals surface area (Å²) >= 11 is 3.20. The molecule has 92 valence electrons. The van der Waals surface area contributed by atoms with Crippen molar-refractivity contribution in [2.45, 2.75) is 0 Å². The number of aromatic amines is 1. The quantitative estimate of drug-likeness (QED) is 0.904. The molecule has 0 fully saturated rings. The molecule has 0 unspecified atom stereocenters. The zero-order valence-corrected chi connectivity index (χ0v) is 10.5. The van der Waals surface area contributed by atoms with Crippen molar-refractivity contribution in [1.82, 2.24) is 9.97 Å². The van der Waals surface area contributed by atoms with E-state index in [1.54, 1.807) is 0 Å². The molecule has 1 aromatic heterocycles. The number of benzene rings is 1. The Morgan fingerprint density at radius 1 is 1.44 bits per heavy atom. The van der Waals surface area contributed by atoms with E-state index >= 15 is 0 Å². The van der Waals surface area contributed by atoms with Crippen molar-refractivity contribution in [3.8, 4) is 11.6 Å². The normalized spacial score (nSPS) is 10.1. The predicted molar refractivity (Wildman–Crippen MR) is 66.0 cm³/mol. The van der Waals surface area contributed by atoms with Gasteiger partial charge in [0.05, 0.1) is 10.0 Å². The maximum Gasteiger partial charge on any atom is 0.335 e.